The third-order valence-electron chi connectivity index (χ3n) is 4.25. The number of rotatable bonds is 4. The third-order valence-corrected chi connectivity index (χ3v) is 5.05. The van der Waals surface area contributed by atoms with Crippen LogP contribution in [-0.4, -0.2) is 27.9 Å². The van der Waals surface area contributed by atoms with Crippen molar-refractivity contribution in [3.8, 4) is 5.75 Å². The van der Waals surface area contributed by atoms with Gasteiger partial charge in [0, 0.05) is 35.1 Å². The summed E-state index contributed by atoms with van der Waals surface area (Å²) in [6, 6.07) is 3.46. The molecule has 0 N–H and O–H groups in total. The number of aromatic nitrogens is 2. The van der Waals surface area contributed by atoms with Gasteiger partial charge in [0.1, 0.15) is 22.8 Å². The van der Waals surface area contributed by atoms with Gasteiger partial charge < -0.3 is 9.47 Å². The van der Waals surface area contributed by atoms with Crippen LogP contribution in [0.1, 0.15) is 46.1 Å². The van der Waals surface area contributed by atoms with Crippen molar-refractivity contribution in [1.29, 1.82) is 0 Å². The van der Waals surface area contributed by atoms with E-state index in [1.807, 2.05) is 0 Å². The Balaban J connectivity index is 2.29. The number of alkyl halides is 2. The van der Waals surface area contributed by atoms with Crippen molar-refractivity contribution in [2.24, 2.45) is 0 Å². The molecule has 166 valence electrons. The zero-order chi connectivity index (χ0) is 24.0. The van der Waals surface area contributed by atoms with Crippen LogP contribution < -0.4 is 4.74 Å². The second-order valence-electron chi connectivity index (χ2n) is 7.66. The Morgan fingerprint density at radius 2 is 2.03 bits per heavy atom. The topological polar surface area (TPSA) is 53.4 Å². The summed E-state index contributed by atoms with van der Waals surface area (Å²) in [6.07, 6.45) is 2.00. The molecule has 0 fully saturated rings. The van der Waals surface area contributed by atoms with Crippen LogP contribution in [0.25, 0.3) is 11.0 Å². The maximum absolute atomic E-state index is 14.3. The molecule has 0 aliphatic heterocycles. The summed E-state index contributed by atoms with van der Waals surface area (Å²) in [5, 5.41) is -0.201. The largest absolute Gasteiger partial charge is 0.443 e. The second-order valence-corrected chi connectivity index (χ2v) is 8.95. The third kappa shape index (κ3) is 4.98. The molecule has 0 aliphatic carbocycles. The number of halogens is 5. The van der Waals surface area contributed by atoms with E-state index in [1.165, 1.54) is 19.3 Å². The molecule has 10 heteroatoms. The van der Waals surface area contributed by atoms with Gasteiger partial charge in [-0.1, -0.05) is 18.5 Å². The Hall–Kier alpha value is -2.26. The molecular formula is C21H19BrClF3N2O3. The lowest BCUT2D eigenvalue weighted by Crippen LogP contribution is -2.26. The van der Waals surface area contributed by atoms with Crippen LogP contribution in [0, 0.1) is 5.82 Å². The first-order valence-electron chi connectivity index (χ1n) is 9.56. The molecule has 2 heterocycles. The van der Waals surface area contributed by atoms with E-state index in [1.54, 1.807) is 26.8 Å². The predicted molar refractivity (Wildman–Crippen MR) is 115 cm³/mol. The molecule has 0 spiro atoms. The van der Waals surface area contributed by atoms with E-state index in [2.05, 4.69) is 25.7 Å². The first-order chi connectivity index (χ1) is 14.7. The fourth-order valence-electron chi connectivity index (χ4n) is 3.04. The van der Waals surface area contributed by atoms with Gasteiger partial charge in [-0.05, 0) is 60.5 Å². The van der Waals surface area contributed by atoms with Gasteiger partial charge in [-0.25, -0.2) is 18.7 Å². The highest BCUT2D eigenvalue weighted by Gasteiger charge is 2.28. The van der Waals surface area contributed by atoms with Crippen LogP contribution in [-0.2, 0) is 4.74 Å². The maximum Gasteiger partial charge on any atom is 0.420 e. The standard InChI is InChI=1S/C21H19BrClF3N2O3/c1-10(16-15(30-19(25)26)6-5-14(24)17(16)23)13-9-28(20(29)31-21(2,3)4)18-12(13)7-11(22)8-27-18/h5-10,19H,1-4H3/t10-/m0/s1/i10D. The van der Waals surface area contributed by atoms with Crippen molar-refractivity contribution in [2.45, 2.75) is 45.8 Å². The van der Waals surface area contributed by atoms with Crippen LogP contribution in [0.4, 0.5) is 18.0 Å². The molecule has 0 saturated heterocycles. The Bertz CT molecular complexity index is 1200. The van der Waals surface area contributed by atoms with E-state index >= 15 is 0 Å². The van der Waals surface area contributed by atoms with E-state index in [0.29, 0.717) is 9.86 Å². The minimum absolute atomic E-state index is 0.152. The predicted octanol–water partition coefficient (Wildman–Crippen LogP) is 7.13. The summed E-state index contributed by atoms with van der Waals surface area (Å²) >= 11 is 9.41. The van der Waals surface area contributed by atoms with Crippen LogP contribution in [0.5, 0.6) is 5.75 Å². The summed E-state index contributed by atoms with van der Waals surface area (Å²) < 4.78 is 60.9. The van der Waals surface area contributed by atoms with Gasteiger partial charge >= 0.3 is 12.7 Å². The number of hydrogen-bond donors (Lipinski definition) is 0. The SMILES string of the molecule is [2H][C@@](C)(c1c(OC(F)F)ccc(F)c1Cl)c1cn(C(=O)OC(C)(C)C)c2ncc(Br)cc12. The molecule has 2 aromatic heterocycles. The number of pyridine rings is 1. The van der Waals surface area contributed by atoms with Crippen molar-refractivity contribution in [1.82, 2.24) is 9.55 Å². The molecule has 3 aromatic rings. The Morgan fingerprint density at radius 1 is 1.35 bits per heavy atom. The number of benzene rings is 1. The molecular weight excluding hydrogens is 501 g/mol. The number of nitrogens with zero attached hydrogens (tertiary/aromatic N) is 2. The number of carbonyl (C=O) groups is 1. The normalized spacial score (nSPS) is 14.5. The first kappa shape index (κ1) is 22.0. The fraction of sp³-hybridized carbons (Fsp3) is 0.333. The molecule has 1 atom stereocenters. The second kappa shape index (κ2) is 8.70. The number of fused-ring (bicyclic) bond motifs is 1. The van der Waals surface area contributed by atoms with Gasteiger partial charge in [0.25, 0.3) is 0 Å². The number of carbonyl (C=O) groups excluding carboxylic acids is 1. The Morgan fingerprint density at radius 3 is 2.65 bits per heavy atom. The molecule has 0 radical (unpaired) electrons. The minimum Gasteiger partial charge on any atom is -0.443 e. The quantitative estimate of drug-likeness (QED) is 0.367. The number of ether oxygens (including phenoxy) is 2. The maximum atomic E-state index is 14.3. The summed E-state index contributed by atoms with van der Waals surface area (Å²) in [5.41, 5.74) is -0.807. The highest BCUT2D eigenvalue weighted by atomic mass is 79.9. The summed E-state index contributed by atoms with van der Waals surface area (Å²) in [5.74, 6) is -3.28. The zero-order valence-corrected chi connectivity index (χ0v) is 19.3. The molecule has 0 amide bonds. The van der Waals surface area contributed by atoms with Crippen molar-refractivity contribution in [3.05, 3.63) is 57.0 Å². The molecule has 3 rings (SSSR count). The minimum atomic E-state index is -3.22. The average molecular weight is 521 g/mol. The first-order valence-corrected chi connectivity index (χ1v) is 10.2. The summed E-state index contributed by atoms with van der Waals surface area (Å²) in [7, 11) is 0. The Kier molecular flexibility index (Phi) is 6.16. The van der Waals surface area contributed by atoms with Crippen molar-refractivity contribution >= 4 is 44.7 Å². The van der Waals surface area contributed by atoms with Crippen LogP contribution >= 0.6 is 27.5 Å². The van der Waals surface area contributed by atoms with Crippen LogP contribution in [0.2, 0.25) is 5.02 Å². The average Bonchev–Trinajstić information content (AvgIpc) is 3.02. The summed E-state index contributed by atoms with van der Waals surface area (Å²) in [6.45, 7) is 3.19. The van der Waals surface area contributed by atoms with Gasteiger partial charge in [-0.3, -0.25) is 0 Å². The zero-order valence-electron chi connectivity index (χ0n) is 18.0. The summed E-state index contributed by atoms with van der Waals surface area (Å²) in [4.78, 5) is 17.0. The molecule has 0 bridgehead atoms. The monoisotopic (exact) mass is 519 g/mol. The lowest BCUT2D eigenvalue weighted by atomic mass is 9.92. The van der Waals surface area contributed by atoms with Gasteiger partial charge in [0.05, 0.1) is 5.02 Å². The van der Waals surface area contributed by atoms with E-state index in [9.17, 15) is 18.0 Å². The fourth-order valence-corrected chi connectivity index (χ4v) is 3.67. The highest BCUT2D eigenvalue weighted by molar-refractivity contribution is 9.10. The molecule has 5 nitrogen and oxygen atoms in total. The molecule has 0 aliphatic rings. The molecule has 1 aromatic carbocycles. The molecule has 31 heavy (non-hydrogen) atoms. The van der Waals surface area contributed by atoms with Crippen molar-refractivity contribution in [2.75, 3.05) is 0 Å². The van der Waals surface area contributed by atoms with E-state index in [4.69, 9.17) is 17.7 Å². The van der Waals surface area contributed by atoms with Gasteiger partial charge in [0.2, 0.25) is 0 Å². The molecule has 0 unspecified atom stereocenters. The molecule has 0 saturated carbocycles. The van der Waals surface area contributed by atoms with E-state index in [0.717, 1.165) is 16.7 Å². The van der Waals surface area contributed by atoms with Gasteiger partial charge in [-0.15, -0.1) is 0 Å². The lowest BCUT2D eigenvalue weighted by molar-refractivity contribution is -0.0505. The van der Waals surface area contributed by atoms with Crippen molar-refractivity contribution < 1.29 is 28.8 Å². The Labute approximate surface area is 191 Å². The highest BCUT2D eigenvalue weighted by Crippen LogP contribution is 2.42. The van der Waals surface area contributed by atoms with E-state index < -0.39 is 40.8 Å². The smallest absolute Gasteiger partial charge is 0.420 e. The van der Waals surface area contributed by atoms with Crippen LogP contribution in [0.15, 0.2) is 35.1 Å². The van der Waals surface area contributed by atoms with E-state index in [-0.39, 0.29) is 16.8 Å². The number of hydrogen-bond acceptors (Lipinski definition) is 4. The van der Waals surface area contributed by atoms with Gasteiger partial charge in [-0.2, -0.15) is 8.78 Å². The van der Waals surface area contributed by atoms with Crippen molar-refractivity contribution in [3.63, 3.8) is 0 Å². The van der Waals surface area contributed by atoms with Gasteiger partial charge in [0.15, 0.2) is 0 Å². The van der Waals surface area contributed by atoms with Crippen LogP contribution in [0.3, 0.4) is 0 Å². The lowest BCUT2D eigenvalue weighted by Gasteiger charge is -2.19.